The van der Waals surface area contributed by atoms with E-state index < -0.39 is 10.0 Å². The average Bonchev–Trinajstić information content (AvgIpc) is 2.45. The Morgan fingerprint density at radius 1 is 0.955 bits per heavy atom. The zero-order chi connectivity index (χ0) is 16.2. The van der Waals surface area contributed by atoms with Gasteiger partial charge in [-0.1, -0.05) is 11.8 Å². The van der Waals surface area contributed by atoms with Crippen molar-refractivity contribution in [3.63, 3.8) is 0 Å². The first kappa shape index (κ1) is 15.8. The second kappa shape index (κ2) is 6.43. The Labute approximate surface area is 128 Å². The van der Waals surface area contributed by atoms with Crippen molar-refractivity contribution in [1.82, 2.24) is 0 Å². The maximum atomic E-state index is 11.1. The molecule has 0 heterocycles. The van der Waals surface area contributed by atoms with Crippen LogP contribution in [0.4, 0.5) is 0 Å². The van der Waals surface area contributed by atoms with Crippen LogP contribution in [0.25, 0.3) is 0 Å². The minimum absolute atomic E-state index is 0.0452. The molecule has 2 rings (SSSR count). The quantitative estimate of drug-likeness (QED) is 0.519. The average molecular weight is 315 g/mol. The zero-order valence-electron chi connectivity index (χ0n) is 11.7. The number of primary sulfonamides is 1. The van der Waals surface area contributed by atoms with Crippen LogP contribution in [0.15, 0.2) is 53.4 Å². The van der Waals surface area contributed by atoms with Gasteiger partial charge in [-0.15, -0.1) is 0 Å². The molecular formula is C16H13NO4S. The van der Waals surface area contributed by atoms with Gasteiger partial charge in [0, 0.05) is 18.1 Å². The summed E-state index contributed by atoms with van der Waals surface area (Å²) in [5.41, 5.74) is 1.41. The van der Waals surface area contributed by atoms with Gasteiger partial charge in [0.15, 0.2) is 0 Å². The van der Waals surface area contributed by atoms with Crippen LogP contribution in [0.2, 0.25) is 0 Å². The highest BCUT2D eigenvalue weighted by Crippen LogP contribution is 2.12. The first-order chi connectivity index (χ1) is 10.3. The van der Waals surface area contributed by atoms with Crippen molar-refractivity contribution in [2.24, 2.45) is 5.14 Å². The van der Waals surface area contributed by atoms with E-state index in [0.29, 0.717) is 11.3 Å². The van der Waals surface area contributed by atoms with Gasteiger partial charge in [0.1, 0.15) is 5.75 Å². The number of carbonyl (C=O) groups excluding carboxylic acids is 1. The normalized spacial score (nSPS) is 10.5. The molecule has 0 aliphatic heterocycles. The molecule has 2 aromatic carbocycles. The van der Waals surface area contributed by atoms with Crippen LogP contribution in [0.1, 0.15) is 18.1 Å². The van der Waals surface area contributed by atoms with Gasteiger partial charge in [0.2, 0.25) is 10.0 Å². The van der Waals surface area contributed by atoms with Gasteiger partial charge in [0.05, 0.1) is 4.90 Å². The Hall–Kier alpha value is -2.62. The Morgan fingerprint density at radius 2 is 1.41 bits per heavy atom. The second-order valence-electron chi connectivity index (χ2n) is 4.44. The molecule has 0 atom stereocenters. The van der Waals surface area contributed by atoms with Gasteiger partial charge >= 0.3 is 5.97 Å². The van der Waals surface area contributed by atoms with E-state index in [2.05, 4.69) is 11.8 Å². The minimum Gasteiger partial charge on any atom is -0.427 e. The highest BCUT2D eigenvalue weighted by molar-refractivity contribution is 7.89. The summed E-state index contributed by atoms with van der Waals surface area (Å²) in [5, 5.41) is 5.02. The van der Waals surface area contributed by atoms with Gasteiger partial charge in [-0.05, 0) is 48.5 Å². The topological polar surface area (TPSA) is 86.5 Å². The summed E-state index contributed by atoms with van der Waals surface area (Å²) in [6.07, 6.45) is 0. The Morgan fingerprint density at radius 3 is 1.82 bits per heavy atom. The molecule has 0 saturated heterocycles. The lowest BCUT2D eigenvalue weighted by atomic mass is 10.2. The van der Waals surface area contributed by atoms with Crippen LogP contribution < -0.4 is 9.88 Å². The summed E-state index contributed by atoms with van der Waals surface area (Å²) in [4.78, 5) is 10.9. The van der Waals surface area contributed by atoms with E-state index in [1.54, 1.807) is 36.4 Å². The Kier molecular flexibility index (Phi) is 4.61. The van der Waals surface area contributed by atoms with Crippen molar-refractivity contribution in [2.45, 2.75) is 11.8 Å². The molecule has 2 N–H and O–H groups in total. The summed E-state index contributed by atoms with van der Waals surface area (Å²) >= 11 is 0. The van der Waals surface area contributed by atoms with Crippen molar-refractivity contribution in [3.8, 4) is 17.6 Å². The fraction of sp³-hybridized carbons (Fsp3) is 0.0625. The summed E-state index contributed by atoms with van der Waals surface area (Å²) in [6.45, 7) is 1.33. The molecule has 0 aliphatic rings. The van der Waals surface area contributed by atoms with E-state index in [9.17, 15) is 13.2 Å². The molecule has 0 fully saturated rings. The summed E-state index contributed by atoms with van der Waals surface area (Å²) in [5.74, 6) is 5.91. The van der Waals surface area contributed by atoms with E-state index in [4.69, 9.17) is 9.88 Å². The van der Waals surface area contributed by atoms with Gasteiger partial charge < -0.3 is 4.74 Å². The number of ether oxygens (including phenoxy) is 1. The number of nitrogens with two attached hydrogens (primary N) is 1. The maximum absolute atomic E-state index is 11.1. The molecule has 0 spiro atoms. The molecule has 22 heavy (non-hydrogen) atoms. The molecule has 0 aromatic heterocycles. The molecule has 5 nitrogen and oxygen atoms in total. The number of rotatable bonds is 2. The third kappa shape index (κ3) is 4.45. The molecule has 0 bridgehead atoms. The fourth-order valence-corrected chi connectivity index (χ4v) is 2.16. The lowest BCUT2D eigenvalue weighted by Crippen LogP contribution is -2.11. The van der Waals surface area contributed by atoms with Gasteiger partial charge in [-0.3, -0.25) is 4.79 Å². The van der Waals surface area contributed by atoms with Crippen molar-refractivity contribution < 1.29 is 17.9 Å². The first-order valence-corrected chi connectivity index (χ1v) is 7.82. The van der Waals surface area contributed by atoms with Crippen molar-refractivity contribution in [2.75, 3.05) is 0 Å². The first-order valence-electron chi connectivity index (χ1n) is 6.28. The van der Waals surface area contributed by atoms with Gasteiger partial charge in [-0.2, -0.15) is 0 Å². The fourth-order valence-electron chi connectivity index (χ4n) is 1.64. The van der Waals surface area contributed by atoms with E-state index in [1.165, 1.54) is 19.1 Å². The lowest BCUT2D eigenvalue weighted by molar-refractivity contribution is -0.131. The monoisotopic (exact) mass is 315 g/mol. The van der Waals surface area contributed by atoms with Gasteiger partial charge in [-0.25, -0.2) is 13.6 Å². The Balaban J connectivity index is 2.14. The number of hydrogen-bond acceptors (Lipinski definition) is 4. The van der Waals surface area contributed by atoms with Crippen molar-refractivity contribution in [3.05, 3.63) is 59.7 Å². The second-order valence-corrected chi connectivity index (χ2v) is 6.00. The molecule has 0 amide bonds. The molecule has 0 saturated carbocycles. The number of carbonyl (C=O) groups is 1. The summed E-state index contributed by atoms with van der Waals surface area (Å²) in [6, 6.07) is 12.7. The predicted octanol–water partition coefficient (Wildman–Crippen LogP) is 1.66. The highest BCUT2D eigenvalue weighted by atomic mass is 32.2. The molecule has 6 heteroatoms. The van der Waals surface area contributed by atoms with Gasteiger partial charge in [0.25, 0.3) is 0 Å². The van der Waals surface area contributed by atoms with Crippen LogP contribution in [0.3, 0.4) is 0 Å². The van der Waals surface area contributed by atoms with Crippen LogP contribution in [0, 0.1) is 11.8 Å². The predicted molar refractivity (Wildman–Crippen MR) is 81.5 cm³/mol. The third-order valence-corrected chi connectivity index (χ3v) is 3.58. The maximum Gasteiger partial charge on any atom is 0.308 e. The summed E-state index contributed by atoms with van der Waals surface area (Å²) in [7, 11) is -3.69. The van der Waals surface area contributed by atoms with Crippen molar-refractivity contribution >= 4 is 16.0 Å². The lowest BCUT2D eigenvalue weighted by Gasteiger charge is -2.00. The van der Waals surface area contributed by atoms with E-state index >= 15 is 0 Å². The van der Waals surface area contributed by atoms with Crippen LogP contribution in [-0.4, -0.2) is 14.4 Å². The molecule has 0 aliphatic carbocycles. The molecule has 0 unspecified atom stereocenters. The number of hydrogen-bond donors (Lipinski definition) is 1. The smallest absolute Gasteiger partial charge is 0.308 e. The van der Waals surface area contributed by atoms with Crippen LogP contribution in [-0.2, 0) is 14.8 Å². The molecular weight excluding hydrogens is 302 g/mol. The SMILES string of the molecule is CC(=O)Oc1ccc(C#Cc2ccc(S(N)(=O)=O)cc2)cc1. The van der Waals surface area contributed by atoms with E-state index in [0.717, 1.165) is 5.56 Å². The molecule has 0 radical (unpaired) electrons. The van der Waals surface area contributed by atoms with Crippen LogP contribution in [0.5, 0.6) is 5.75 Å². The number of sulfonamides is 1. The minimum atomic E-state index is -3.69. The number of esters is 1. The van der Waals surface area contributed by atoms with Crippen LogP contribution >= 0.6 is 0 Å². The zero-order valence-corrected chi connectivity index (χ0v) is 12.6. The highest BCUT2D eigenvalue weighted by Gasteiger charge is 2.05. The van der Waals surface area contributed by atoms with E-state index in [-0.39, 0.29) is 10.9 Å². The third-order valence-electron chi connectivity index (χ3n) is 2.65. The standard InChI is InChI=1S/C16H13NO4S/c1-12(18)21-15-8-4-13(5-9-15)2-3-14-6-10-16(11-7-14)22(17,19)20/h4-11H,1H3,(H2,17,19,20). The molecule has 2 aromatic rings. The van der Waals surface area contributed by atoms with E-state index in [1.807, 2.05) is 0 Å². The number of benzene rings is 2. The molecule has 112 valence electrons. The van der Waals surface area contributed by atoms with Crippen molar-refractivity contribution in [1.29, 1.82) is 0 Å². The Bertz CT molecular complexity index is 842. The largest absolute Gasteiger partial charge is 0.427 e. The summed E-state index contributed by atoms with van der Waals surface area (Å²) < 4.78 is 27.2.